The van der Waals surface area contributed by atoms with Crippen LogP contribution in [0.2, 0.25) is 0 Å². The van der Waals surface area contributed by atoms with E-state index in [0.29, 0.717) is 11.7 Å². The van der Waals surface area contributed by atoms with Gasteiger partial charge >= 0.3 is 6.01 Å². The molecule has 2 unspecified atom stereocenters. The van der Waals surface area contributed by atoms with E-state index >= 15 is 0 Å². The van der Waals surface area contributed by atoms with Gasteiger partial charge in [0, 0.05) is 12.1 Å². The number of ether oxygens (including phenoxy) is 1. The minimum atomic E-state index is -0.450. The van der Waals surface area contributed by atoms with Gasteiger partial charge in [-0.1, -0.05) is 6.07 Å². The minimum absolute atomic E-state index is 0.0181. The maximum absolute atomic E-state index is 14.5. The molecule has 0 bridgehead atoms. The molecule has 0 saturated heterocycles. The number of benzene rings is 1. The van der Waals surface area contributed by atoms with E-state index in [-0.39, 0.29) is 23.5 Å². The summed E-state index contributed by atoms with van der Waals surface area (Å²) in [4.78, 5) is 16.3. The highest BCUT2D eigenvalue weighted by Crippen LogP contribution is 2.43. The molecule has 2 atom stereocenters. The average Bonchev–Trinajstić information content (AvgIpc) is 3.14. The molecular weight excluding hydrogens is 347 g/mol. The molecule has 1 saturated carbocycles. The summed E-state index contributed by atoms with van der Waals surface area (Å²) in [5, 5.41) is 0. The molecule has 4 rings (SSSR count). The lowest BCUT2D eigenvalue weighted by Gasteiger charge is -2.13. The van der Waals surface area contributed by atoms with Crippen molar-refractivity contribution < 1.29 is 9.13 Å². The summed E-state index contributed by atoms with van der Waals surface area (Å²) in [5.74, 6) is 0.872. The molecule has 1 aromatic carbocycles. The number of nitrogens with two attached hydrogens (primary N) is 2. The largest absolute Gasteiger partial charge is 0.421 e. The molecule has 0 radical (unpaired) electrons. The van der Waals surface area contributed by atoms with Crippen LogP contribution in [0, 0.1) is 5.82 Å². The van der Waals surface area contributed by atoms with Crippen molar-refractivity contribution >= 4 is 11.6 Å². The van der Waals surface area contributed by atoms with Crippen LogP contribution in [0.4, 0.5) is 16.0 Å². The third-order valence-electron chi connectivity index (χ3n) is 4.83. The fourth-order valence-corrected chi connectivity index (χ4v) is 3.47. The van der Waals surface area contributed by atoms with Gasteiger partial charge in [0.15, 0.2) is 11.6 Å². The standard InChI is InChI=1S/C19H19FN6O/c20-14-8-12(3-4-16(14)27-19-23-6-5-17(21)26-19)11-1-2-13(7-11)15-9-25-18(22)10-24-15/h3-6,8-11,13H,1-2,7H2,(H2,22,25)(H2,21,23,26). The Labute approximate surface area is 155 Å². The van der Waals surface area contributed by atoms with Gasteiger partial charge in [-0.25, -0.2) is 14.4 Å². The van der Waals surface area contributed by atoms with Crippen molar-refractivity contribution in [2.24, 2.45) is 0 Å². The second-order valence-electron chi connectivity index (χ2n) is 6.63. The predicted octanol–water partition coefficient (Wildman–Crippen LogP) is 3.41. The summed E-state index contributed by atoms with van der Waals surface area (Å²) in [7, 11) is 0. The Hall–Kier alpha value is -3.29. The predicted molar refractivity (Wildman–Crippen MR) is 98.7 cm³/mol. The molecular formula is C19H19FN6O. The molecule has 138 valence electrons. The van der Waals surface area contributed by atoms with Crippen molar-refractivity contribution in [2.75, 3.05) is 11.5 Å². The zero-order chi connectivity index (χ0) is 18.8. The van der Waals surface area contributed by atoms with Gasteiger partial charge in [0.25, 0.3) is 0 Å². The first-order valence-electron chi connectivity index (χ1n) is 8.71. The third-order valence-corrected chi connectivity index (χ3v) is 4.83. The van der Waals surface area contributed by atoms with Gasteiger partial charge in [-0.05, 0) is 48.9 Å². The molecule has 0 amide bonds. The summed E-state index contributed by atoms with van der Waals surface area (Å²) < 4.78 is 19.9. The Morgan fingerprint density at radius 3 is 2.56 bits per heavy atom. The lowest BCUT2D eigenvalue weighted by molar-refractivity contribution is 0.411. The number of aromatic nitrogens is 4. The van der Waals surface area contributed by atoms with Gasteiger partial charge in [0.2, 0.25) is 0 Å². The Kier molecular flexibility index (Phi) is 4.53. The van der Waals surface area contributed by atoms with Crippen molar-refractivity contribution in [1.82, 2.24) is 19.9 Å². The van der Waals surface area contributed by atoms with E-state index in [9.17, 15) is 4.39 Å². The Morgan fingerprint density at radius 1 is 0.963 bits per heavy atom. The molecule has 0 aliphatic heterocycles. The molecule has 1 aliphatic rings. The number of hydrogen-bond acceptors (Lipinski definition) is 7. The van der Waals surface area contributed by atoms with Gasteiger partial charge < -0.3 is 16.2 Å². The molecule has 7 nitrogen and oxygen atoms in total. The van der Waals surface area contributed by atoms with E-state index in [1.54, 1.807) is 18.5 Å². The summed E-state index contributed by atoms with van der Waals surface area (Å²) in [5.41, 5.74) is 13.1. The minimum Gasteiger partial charge on any atom is -0.421 e. The highest BCUT2D eigenvalue weighted by Gasteiger charge is 2.28. The Balaban J connectivity index is 1.47. The first kappa shape index (κ1) is 17.1. The summed E-state index contributed by atoms with van der Waals surface area (Å²) in [6.45, 7) is 0. The number of nitrogen functional groups attached to an aromatic ring is 2. The number of hydrogen-bond donors (Lipinski definition) is 2. The van der Waals surface area contributed by atoms with Crippen LogP contribution in [-0.2, 0) is 0 Å². The van der Waals surface area contributed by atoms with E-state index in [1.165, 1.54) is 18.3 Å². The highest BCUT2D eigenvalue weighted by atomic mass is 19.1. The lowest BCUT2D eigenvalue weighted by atomic mass is 9.95. The molecule has 8 heteroatoms. The van der Waals surface area contributed by atoms with Gasteiger partial charge in [0.1, 0.15) is 11.6 Å². The van der Waals surface area contributed by atoms with Crippen molar-refractivity contribution in [2.45, 2.75) is 31.1 Å². The lowest BCUT2D eigenvalue weighted by Crippen LogP contribution is -2.01. The second kappa shape index (κ2) is 7.14. The van der Waals surface area contributed by atoms with Crippen LogP contribution in [0.1, 0.15) is 42.4 Å². The molecule has 1 aliphatic carbocycles. The SMILES string of the molecule is Nc1cnc(C2CCC(c3ccc(Oc4nccc(N)n4)c(F)c3)C2)cn1. The summed E-state index contributed by atoms with van der Waals surface area (Å²) >= 11 is 0. The number of rotatable bonds is 4. The maximum atomic E-state index is 14.5. The van der Waals surface area contributed by atoms with Crippen LogP contribution < -0.4 is 16.2 Å². The van der Waals surface area contributed by atoms with Gasteiger partial charge in [0.05, 0.1) is 18.1 Å². The van der Waals surface area contributed by atoms with Crippen LogP contribution in [0.25, 0.3) is 0 Å². The molecule has 4 N–H and O–H groups in total. The molecule has 2 heterocycles. The van der Waals surface area contributed by atoms with Crippen LogP contribution in [0.15, 0.2) is 42.9 Å². The quantitative estimate of drug-likeness (QED) is 0.727. The van der Waals surface area contributed by atoms with Gasteiger partial charge in [-0.15, -0.1) is 0 Å². The third kappa shape index (κ3) is 3.79. The average molecular weight is 366 g/mol. The number of anilines is 2. The first-order chi connectivity index (χ1) is 13.1. The van der Waals surface area contributed by atoms with Crippen LogP contribution in [-0.4, -0.2) is 19.9 Å². The van der Waals surface area contributed by atoms with E-state index in [0.717, 1.165) is 30.5 Å². The van der Waals surface area contributed by atoms with Crippen molar-refractivity contribution in [3.05, 3.63) is 59.9 Å². The highest BCUT2D eigenvalue weighted by molar-refractivity contribution is 5.35. The van der Waals surface area contributed by atoms with E-state index in [4.69, 9.17) is 16.2 Å². The Morgan fingerprint density at radius 2 is 1.81 bits per heavy atom. The van der Waals surface area contributed by atoms with Gasteiger partial charge in [-0.3, -0.25) is 4.98 Å². The molecule has 3 aromatic rings. The van der Waals surface area contributed by atoms with E-state index < -0.39 is 5.82 Å². The van der Waals surface area contributed by atoms with Crippen LogP contribution in [0.3, 0.4) is 0 Å². The number of nitrogens with zero attached hydrogens (tertiary/aromatic N) is 4. The molecule has 1 fully saturated rings. The smallest absolute Gasteiger partial charge is 0.323 e. The van der Waals surface area contributed by atoms with E-state index in [2.05, 4.69) is 19.9 Å². The monoisotopic (exact) mass is 366 g/mol. The topological polar surface area (TPSA) is 113 Å². The zero-order valence-electron chi connectivity index (χ0n) is 14.5. The van der Waals surface area contributed by atoms with E-state index in [1.807, 2.05) is 6.07 Å². The zero-order valence-corrected chi connectivity index (χ0v) is 14.5. The van der Waals surface area contributed by atoms with Crippen molar-refractivity contribution in [3.63, 3.8) is 0 Å². The van der Waals surface area contributed by atoms with Crippen molar-refractivity contribution in [3.8, 4) is 11.8 Å². The summed E-state index contributed by atoms with van der Waals surface area (Å²) in [6, 6.07) is 6.56. The molecule has 0 spiro atoms. The number of halogens is 1. The normalized spacial score (nSPS) is 19.1. The van der Waals surface area contributed by atoms with Crippen molar-refractivity contribution in [1.29, 1.82) is 0 Å². The maximum Gasteiger partial charge on any atom is 0.323 e. The molecule has 27 heavy (non-hydrogen) atoms. The van der Waals surface area contributed by atoms with Gasteiger partial charge in [-0.2, -0.15) is 4.98 Å². The Bertz CT molecular complexity index is 949. The van der Waals surface area contributed by atoms with Crippen LogP contribution in [0.5, 0.6) is 11.8 Å². The second-order valence-corrected chi connectivity index (χ2v) is 6.63. The first-order valence-corrected chi connectivity index (χ1v) is 8.71. The van der Waals surface area contributed by atoms with Crippen LogP contribution >= 0.6 is 0 Å². The molecule has 2 aromatic heterocycles. The fraction of sp³-hybridized carbons (Fsp3) is 0.263. The fourth-order valence-electron chi connectivity index (χ4n) is 3.47. The summed E-state index contributed by atoms with van der Waals surface area (Å²) in [6.07, 6.45) is 7.62.